The summed E-state index contributed by atoms with van der Waals surface area (Å²) in [5, 5.41) is 0. The maximum absolute atomic E-state index is 4.20. The van der Waals surface area contributed by atoms with Gasteiger partial charge in [-0.25, -0.2) is 0 Å². The molecule has 0 amide bonds. The normalized spacial score (nSPS) is 11.2. The number of aromatic nitrogens is 1. The van der Waals surface area contributed by atoms with E-state index in [9.17, 15) is 0 Å². The van der Waals surface area contributed by atoms with Crippen LogP contribution in [0.5, 0.6) is 0 Å². The second-order valence-electron chi connectivity index (χ2n) is 5.36. The molecule has 106 valence electrons. The second kappa shape index (κ2) is 7.78. The van der Waals surface area contributed by atoms with E-state index in [0.717, 1.165) is 26.2 Å². The summed E-state index contributed by atoms with van der Waals surface area (Å²) in [5.74, 6) is 0. The molecule has 0 spiro atoms. The van der Waals surface area contributed by atoms with E-state index in [1.165, 1.54) is 11.1 Å². The lowest BCUT2D eigenvalue weighted by molar-refractivity contribution is 0.226. The Hall–Kier alpha value is -1.71. The Morgan fingerprint density at radius 1 is 0.850 bits per heavy atom. The van der Waals surface area contributed by atoms with Gasteiger partial charge in [0.15, 0.2) is 0 Å². The number of benzene rings is 1. The van der Waals surface area contributed by atoms with Crippen molar-refractivity contribution >= 4 is 0 Å². The highest BCUT2D eigenvalue weighted by atomic mass is 15.2. The number of likely N-dealkylation sites (N-methyl/N-ethyl adjacent to an activating group) is 1. The van der Waals surface area contributed by atoms with Crippen LogP contribution in [0.25, 0.3) is 0 Å². The summed E-state index contributed by atoms with van der Waals surface area (Å²) in [4.78, 5) is 8.89. The number of hydrogen-bond donors (Lipinski definition) is 0. The van der Waals surface area contributed by atoms with Crippen molar-refractivity contribution in [1.29, 1.82) is 0 Å². The Labute approximate surface area is 121 Å². The summed E-state index contributed by atoms with van der Waals surface area (Å²) in [6, 6.07) is 14.8. The van der Waals surface area contributed by atoms with Crippen LogP contribution in [0, 0.1) is 0 Å². The third kappa shape index (κ3) is 5.11. The molecule has 0 aliphatic carbocycles. The minimum absolute atomic E-state index is 0.941. The molecule has 0 unspecified atom stereocenters. The predicted molar refractivity (Wildman–Crippen MR) is 83.3 cm³/mol. The van der Waals surface area contributed by atoms with E-state index in [-0.39, 0.29) is 0 Å². The van der Waals surface area contributed by atoms with Gasteiger partial charge in [0.05, 0.1) is 0 Å². The fraction of sp³-hybridized carbons (Fsp3) is 0.353. The minimum atomic E-state index is 0.941. The van der Waals surface area contributed by atoms with Crippen molar-refractivity contribution in [2.45, 2.75) is 13.1 Å². The van der Waals surface area contributed by atoms with Gasteiger partial charge in [-0.05, 0) is 31.3 Å². The van der Waals surface area contributed by atoms with Gasteiger partial charge in [-0.1, -0.05) is 36.4 Å². The molecule has 0 aliphatic rings. The van der Waals surface area contributed by atoms with Gasteiger partial charge in [0.1, 0.15) is 0 Å². The Morgan fingerprint density at radius 2 is 1.55 bits per heavy atom. The first-order chi connectivity index (χ1) is 9.74. The number of pyridine rings is 1. The minimum Gasteiger partial charge on any atom is -0.308 e. The van der Waals surface area contributed by atoms with E-state index in [1.807, 2.05) is 18.5 Å². The summed E-state index contributed by atoms with van der Waals surface area (Å²) in [6.45, 7) is 4.03. The van der Waals surface area contributed by atoms with Crippen LogP contribution in [0.2, 0.25) is 0 Å². The van der Waals surface area contributed by atoms with E-state index in [1.54, 1.807) is 0 Å². The van der Waals surface area contributed by atoms with Gasteiger partial charge in [-0.2, -0.15) is 0 Å². The van der Waals surface area contributed by atoms with Crippen molar-refractivity contribution in [2.24, 2.45) is 0 Å². The Morgan fingerprint density at radius 3 is 2.20 bits per heavy atom. The van der Waals surface area contributed by atoms with Crippen molar-refractivity contribution in [1.82, 2.24) is 14.8 Å². The van der Waals surface area contributed by atoms with Crippen LogP contribution >= 0.6 is 0 Å². The van der Waals surface area contributed by atoms with Gasteiger partial charge in [0, 0.05) is 38.6 Å². The molecule has 1 aromatic heterocycles. The van der Waals surface area contributed by atoms with E-state index in [2.05, 4.69) is 65.3 Å². The first-order valence-electron chi connectivity index (χ1n) is 7.04. The lowest BCUT2D eigenvalue weighted by Gasteiger charge is -2.24. The van der Waals surface area contributed by atoms with Gasteiger partial charge in [-0.3, -0.25) is 9.88 Å². The zero-order valence-electron chi connectivity index (χ0n) is 12.4. The number of nitrogens with zero attached hydrogens (tertiary/aromatic N) is 3. The first kappa shape index (κ1) is 14.7. The molecular weight excluding hydrogens is 246 g/mol. The molecule has 2 aromatic rings. The average Bonchev–Trinajstić information content (AvgIpc) is 2.47. The lowest BCUT2D eigenvalue weighted by Crippen LogP contribution is -2.31. The predicted octanol–water partition coefficient (Wildman–Crippen LogP) is 2.65. The van der Waals surface area contributed by atoms with Gasteiger partial charge >= 0.3 is 0 Å². The van der Waals surface area contributed by atoms with Gasteiger partial charge in [0.2, 0.25) is 0 Å². The Balaban J connectivity index is 2.00. The highest BCUT2D eigenvalue weighted by Crippen LogP contribution is 2.09. The van der Waals surface area contributed by atoms with E-state index >= 15 is 0 Å². The summed E-state index contributed by atoms with van der Waals surface area (Å²) >= 11 is 0. The quantitative estimate of drug-likeness (QED) is 0.770. The van der Waals surface area contributed by atoms with Crippen molar-refractivity contribution in [2.75, 3.05) is 27.2 Å². The zero-order valence-corrected chi connectivity index (χ0v) is 12.4. The SMILES string of the molecule is CN(C)CCN(Cc1ccccc1)Cc1cccnc1. The molecule has 1 aromatic carbocycles. The van der Waals surface area contributed by atoms with Crippen LogP contribution in [0.1, 0.15) is 11.1 Å². The van der Waals surface area contributed by atoms with Crippen LogP contribution in [0.15, 0.2) is 54.9 Å². The Bertz CT molecular complexity index is 441. The average molecular weight is 269 g/mol. The maximum atomic E-state index is 4.20. The molecular formula is C17H23N3. The first-order valence-corrected chi connectivity index (χ1v) is 7.04. The van der Waals surface area contributed by atoms with Crippen LogP contribution in [0.3, 0.4) is 0 Å². The summed E-state index contributed by atoms with van der Waals surface area (Å²) in [6.07, 6.45) is 3.78. The van der Waals surface area contributed by atoms with E-state index in [0.29, 0.717) is 0 Å². The topological polar surface area (TPSA) is 19.4 Å². The van der Waals surface area contributed by atoms with Crippen molar-refractivity contribution < 1.29 is 0 Å². The fourth-order valence-corrected chi connectivity index (χ4v) is 2.15. The molecule has 0 N–H and O–H groups in total. The van der Waals surface area contributed by atoms with E-state index < -0.39 is 0 Å². The molecule has 3 nitrogen and oxygen atoms in total. The molecule has 0 bridgehead atoms. The van der Waals surface area contributed by atoms with Crippen LogP contribution in [0.4, 0.5) is 0 Å². The molecule has 3 heteroatoms. The second-order valence-corrected chi connectivity index (χ2v) is 5.36. The third-order valence-corrected chi connectivity index (χ3v) is 3.24. The molecule has 20 heavy (non-hydrogen) atoms. The van der Waals surface area contributed by atoms with E-state index in [4.69, 9.17) is 0 Å². The summed E-state index contributed by atoms with van der Waals surface area (Å²) in [5.41, 5.74) is 2.62. The van der Waals surface area contributed by atoms with Crippen molar-refractivity contribution in [3.8, 4) is 0 Å². The number of rotatable bonds is 7. The van der Waals surface area contributed by atoms with Crippen LogP contribution < -0.4 is 0 Å². The molecule has 1 heterocycles. The largest absolute Gasteiger partial charge is 0.308 e. The standard InChI is InChI=1S/C17H23N3/c1-19(2)11-12-20(14-16-7-4-3-5-8-16)15-17-9-6-10-18-13-17/h3-10,13H,11-12,14-15H2,1-2H3. The highest BCUT2D eigenvalue weighted by Gasteiger charge is 2.07. The Kier molecular flexibility index (Phi) is 5.71. The zero-order chi connectivity index (χ0) is 14.2. The smallest absolute Gasteiger partial charge is 0.0312 e. The number of hydrogen-bond acceptors (Lipinski definition) is 3. The fourth-order valence-electron chi connectivity index (χ4n) is 2.15. The van der Waals surface area contributed by atoms with Crippen LogP contribution in [-0.4, -0.2) is 42.0 Å². The molecule has 2 rings (SSSR count). The highest BCUT2D eigenvalue weighted by molar-refractivity contribution is 5.15. The lowest BCUT2D eigenvalue weighted by atomic mass is 10.2. The maximum Gasteiger partial charge on any atom is 0.0312 e. The van der Waals surface area contributed by atoms with Crippen molar-refractivity contribution in [3.63, 3.8) is 0 Å². The summed E-state index contributed by atoms with van der Waals surface area (Å²) < 4.78 is 0. The molecule has 0 atom stereocenters. The van der Waals surface area contributed by atoms with Gasteiger partial charge in [0.25, 0.3) is 0 Å². The molecule has 0 fully saturated rings. The van der Waals surface area contributed by atoms with Gasteiger partial charge < -0.3 is 4.90 Å². The monoisotopic (exact) mass is 269 g/mol. The molecule has 0 aliphatic heterocycles. The van der Waals surface area contributed by atoms with Crippen molar-refractivity contribution in [3.05, 3.63) is 66.0 Å². The van der Waals surface area contributed by atoms with Gasteiger partial charge in [-0.15, -0.1) is 0 Å². The third-order valence-electron chi connectivity index (χ3n) is 3.24. The molecule has 0 saturated carbocycles. The molecule has 0 saturated heterocycles. The molecule has 0 radical (unpaired) electrons. The van der Waals surface area contributed by atoms with Crippen LogP contribution in [-0.2, 0) is 13.1 Å². The summed E-state index contributed by atoms with van der Waals surface area (Å²) in [7, 11) is 4.23.